The largest absolute Gasteiger partial charge is 0.493 e. The van der Waals surface area contributed by atoms with E-state index in [9.17, 15) is 4.79 Å². The highest BCUT2D eigenvalue weighted by Gasteiger charge is 2.08. The van der Waals surface area contributed by atoms with Crippen LogP contribution in [-0.4, -0.2) is 17.5 Å². The van der Waals surface area contributed by atoms with Crippen LogP contribution < -0.4 is 10.1 Å². The third-order valence-electron chi connectivity index (χ3n) is 4.18. The fraction of sp³-hybridized carbons (Fsp3) is 0.250. The predicted octanol–water partition coefficient (Wildman–Crippen LogP) is 5.37. The van der Waals surface area contributed by atoms with Crippen molar-refractivity contribution in [2.45, 2.75) is 33.1 Å². The summed E-state index contributed by atoms with van der Waals surface area (Å²) in [7, 11) is 0. The number of ether oxygens (including phenoxy) is 1. The number of unbranched alkanes of at least 4 members (excludes halogenated alkanes) is 1. The Hall–Kier alpha value is -3.32. The first kappa shape index (κ1) is 19.4. The first-order valence-corrected chi connectivity index (χ1v) is 9.53. The normalized spacial score (nSPS) is 10.2. The van der Waals surface area contributed by atoms with Crippen molar-refractivity contribution < 1.29 is 9.53 Å². The number of nitrogens with one attached hydrogen (secondary N) is 1. The Kier molecular flexibility index (Phi) is 6.64. The molecular formula is C24H24N2O2. The van der Waals surface area contributed by atoms with Crippen molar-refractivity contribution in [1.82, 2.24) is 4.98 Å². The molecule has 0 spiro atoms. The number of aromatic nitrogens is 1. The van der Waals surface area contributed by atoms with Crippen LogP contribution in [0.1, 0.15) is 42.2 Å². The molecule has 28 heavy (non-hydrogen) atoms. The molecule has 142 valence electrons. The Labute approximate surface area is 165 Å². The SMILES string of the molecule is CCCC#CCCOc1cccc(NC(=O)c2ccc3nc(C)ccc3c2)c1. The number of pyridine rings is 1. The molecule has 0 saturated heterocycles. The van der Waals surface area contributed by atoms with Crippen LogP contribution in [0.25, 0.3) is 10.9 Å². The molecule has 0 bridgehead atoms. The summed E-state index contributed by atoms with van der Waals surface area (Å²) in [5.74, 6) is 6.75. The van der Waals surface area contributed by atoms with Crippen molar-refractivity contribution in [2.75, 3.05) is 11.9 Å². The molecule has 0 radical (unpaired) electrons. The van der Waals surface area contributed by atoms with Crippen LogP contribution in [0.5, 0.6) is 5.75 Å². The maximum absolute atomic E-state index is 12.6. The zero-order chi connectivity index (χ0) is 19.8. The van der Waals surface area contributed by atoms with Crippen LogP contribution >= 0.6 is 0 Å². The van der Waals surface area contributed by atoms with Crippen molar-refractivity contribution in [2.24, 2.45) is 0 Å². The van der Waals surface area contributed by atoms with Gasteiger partial charge in [0.05, 0.1) is 12.1 Å². The summed E-state index contributed by atoms with van der Waals surface area (Å²) >= 11 is 0. The number of carbonyl (C=O) groups excluding carboxylic acids is 1. The fourth-order valence-electron chi connectivity index (χ4n) is 2.76. The van der Waals surface area contributed by atoms with Gasteiger partial charge in [0.1, 0.15) is 5.75 Å². The lowest BCUT2D eigenvalue weighted by atomic mass is 10.1. The van der Waals surface area contributed by atoms with Gasteiger partial charge >= 0.3 is 0 Å². The number of nitrogens with zero attached hydrogens (tertiary/aromatic N) is 1. The zero-order valence-electron chi connectivity index (χ0n) is 16.3. The number of hydrogen-bond acceptors (Lipinski definition) is 3. The van der Waals surface area contributed by atoms with Crippen LogP contribution in [0.2, 0.25) is 0 Å². The third kappa shape index (κ3) is 5.34. The fourth-order valence-corrected chi connectivity index (χ4v) is 2.76. The van der Waals surface area contributed by atoms with E-state index in [0.29, 0.717) is 30.0 Å². The summed E-state index contributed by atoms with van der Waals surface area (Å²) < 4.78 is 5.72. The van der Waals surface area contributed by atoms with Gasteiger partial charge in [-0.25, -0.2) is 0 Å². The monoisotopic (exact) mass is 372 g/mol. The Morgan fingerprint density at radius 1 is 1.07 bits per heavy atom. The number of fused-ring (bicyclic) bond motifs is 1. The van der Waals surface area contributed by atoms with Gasteiger partial charge in [-0.15, -0.1) is 5.92 Å². The van der Waals surface area contributed by atoms with Gasteiger partial charge in [0, 0.05) is 41.2 Å². The second-order valence-corrected chi connectivity index (χ2v) is 6.54. The number of amides is 1. The van der Waals surface area contributed by atoms with E-state index in [0.717, 1.165) is 29.4 Å². The van der Waals surface area contributed by atoms with E-state index < -0.39 is 0 Å². The molecule has 1 aromatic heterocycles. The molecule has 0 aliphatic rings. The third-order valence-corrected chi connectivity index (χ3v) is 4.18. The molecule has 3 aromatic rings. The molecule has 1 amide bonds. The molecule has 0 saturated carbocycles. The second-order valence-electron chi connectivity index (χ2n) is 6.54. The van der Waals surface area contributed by atoms with Crippen molar-refractivity contribution in [3.8, 4) is 17.6 Å². The minimum absolute atomic E-state index is 0.162. The number of anilines is 1. The molecule has 0 aliphatic heterocycles. The van der Waals surface area contributed by atoms with Gasteiger partial charge in [-0.2, -0.15) is 0 Å². The Morgan fingerprint density at radius 3 is 2.79 bits per heavy atom. The molecule has 1 N–H and O–H groups in total. The van der Waals surface area contributed by atoms with Crippen LogP contribution in [0.15, 0.2) is 54.6 Å². The molecule has 0 unspecified atom stereocenters. The molecular weight excluding hydrogens is 348 g/mol. The number of rotatable bonds is 6. The smallest absolute Gasteiger partial charge is 0.255 e. The molecule has 1 heterocycles. The van der Waals surface area contributed by atoms with Crippen molar-refractivity contribution in [3.05, 3.63) is 65.9 Å². The van der Waals surface area contributed by atoms with E-state index in [-0.39, 0.29) is 5.91 Å². The van der Waals surface area contributed by atoms with Crippen LogP contribution in [0.3, 0.4) is 0 Å². The average molecular weight is 372 g/mol. The van der Waals surface area contributed by atoms with Crippen LogP contribution in [0.4, 0.5) is 5.69 Å². The van der Waals surface area contributed by atoms with Gasteiger partial charge in [-0.3, -0.25) is 9.78 Å². The van der Waals surface area contributed by atoms with Gasteiger partial charge in [0.2, 0.25) is 0 Å². The van der Waals surface area contributed by atoms with Gasteiger partial charge < -0.3 is 10.1 Å². The maximum Gasteiger partial charge on any atom is 0.255 e. The molecule has 0 fully saturated rings. The average Bonchev–Trinajstić information content (AvgIpc) is 2.70. The van der Waals surface area contributed by atoms with Gasteiger partial charge in [0.25, 0.3) is 5.91 Å². The number of aryl methyl sites for hydroxylation is 1. The highest BCUT2D eigenvalue weighted by molar-refractivity contribution is 6.06. The summed E-state index contributed by atoms with van der Waals surface area (Å²) in [6.45, 7) is 4.60. The first-order chi connectivity index (χ1) is 13.7. The lowest BCUT2D eigenvalue weighted by molar-refractivity contribution is 0.102. The summed E-state index contributed by atoms with van der Waals surface area (Å²) in [4.78, 5) is 17.1. The molecule has 4 nitrogen and oxygen atoms in total. The molecule has 4 heteroatoms. The van der Waals surface area contributed by atoms with E-state index in [1.165, 1.54) is 0 Å². The minimum atomic E-state index is -0.162. The Bertz CT molecular complexity index is 1030. The zero-order valence-corrected chi connectivity index (χ0v) is 16.3. The summed E-state index contributed by atoms with van der Waals surface area (Å²) in [5, 5.41) is 3.87. The van der Waals surface area contributed by atoms with Crippen LogP contribution in [-0.2, 0) is 0 Å². The number of benzene rings is 2. The van der Waals surface area contributed by atoms with E-state index in [1.807, 2.05) is 55.5 Å². The van der Waals surface area contributed by atoms with Gasteiger partial charge in [0.15, 0.2) is 0 Å². The summed E-state index contributed by atoms with van der Waals surface area (Å²) in [6, 6.07) is 16.8. The van der Waals surface area contributed by atoms with Crippen molar-refractivity contribution in [1.29, 1.82) is 0 Å². The standard InChI is InChI=1S/C24H24N2O2/c1-3-4-5-6-7-15-28-22-10-8-9-21(17-22)26-24(27)20-13-14-23-19(16-20)12-11-18(2)25-23/h8-14,16-17H,3-4,7,15H2,1-2H3,(H,26,27). The summed E-state index contributed by atoms with van der Waals surface area (Å²) in [5.41, 5.74) is 3.13. The molecule has 2 aromatic carbocycles. The van der Waals surface area contributed by atoms with E-state index in [4.69, 9.17) is 4.74 Å². The number of carbonyl (C=O) groups is 1. The molecule has 0 aliphatic carbocycles. The topological polar surface area (TPSA) is 51.2 Å². The highest BCUT2D eigenvalue weighted by atomic mass is 16.5. The van der Waals surface area contributed by atoms with Crippen molar-refractivity contribution >= 4 is 22.5 Å². The maximum atomic E-state index is 12.6. The number of hydrogen-bond donors (Lipinski definition) is 1. The highest BCUT2D eigenvalue weighted by Crippen LogP contribution is 2.20. The van der Waals surface area contributed by atoms with Crippen molar-refractivity contribution in [3.63, 3.8) is 0 Å². The summed E-state index contributed by atoms with van der Waals surface area (Å²) in [6.07, 6.45) is 2.69. The molecule has 3 rings (SSSR count). The lowest BCUT2D eigenvalue weighted by Gasteiger charge is -2.09. The molecule has 0 atom stereocenters. The van der Waals surface area contributed by atoms with Crippen LogP contribution in [0, 0.1) is 18.8 Å². The minimum Gasteiger partial charge on any atom is -0.493 e. The van der Waals surface area contributed by atoms with E-state index >= 15 is 0 Å². The predicted molar refractivity (Wildman–Crippen MR) is 114 cm³/mol. The quantitative estimate of drug-likeness (QED) is 0.468. The first-order valence-electron chi connectivity index (χ1n) is 9.53. The van der Waals surface area contributed by atoms with Gasteiger partial charge in [-0.1, -0.05) is 25.0 Å². The van der Waals surface area contributed by atoms with E-state index in [2.05, 4.69) is 29.1 Å². The lowest BCUT2D eigenvalue weighted by Crippen LogP contribution is -2.12. The van der Waals surface area contributed by atoms with E-state index in [1.54, 1.807) is 6.07 Å². The second kappa shape index (κ2) is 9.57. The Balaban J connectivity index is 1.62. The Morgan fingerprint density at radius 2 is 1.93 bits per heavy atom. The van der Waals surface area contributed by atoms with Gasteiger partial charge in [-0.05, 0) is 49.7 Å².